The highest BCUT2D eigenvalue weighted by Gasteiger charge is 2.26. The van der Waals surface area contributed by atoms with E-state index in [9.17, 15) is 9.90 Å². The van der Waals surface area contributed by atoms with Crippen LogP contribution in [0.4, 0.5) is 0 Å². The van der Waals surface area contributed by atoms with Crippen LogP contribution >= 0.6 is 0 Å². The fraction of sp³-hybridized carbons (Fsp3) is 0.357. The van der Waals surface area contributed by atoms with Gasteiger partial charge in [-0.1, -0.05) is 0 Å². The Morgan fingerprint density at radius 2 is 2.11 bits per heavy atom. The smallest absolute Gasteiger partial charge is 0.251 e. The summed E-state index contributed by atoms with van der Waals surface area (Å²) in [5.74, 6) is -0.177. The lowest BCUT2D eigenvalue weighted by Crippen LogP contribution is -2.50. The molecule has 0 fully saturated rings. The summed E-state index contributed by atoms with van der Waals surface area (Å²) in [6.45, 7) is 5.25. The molecular formula is C14H18N2O2. The number of carbonyl (C=O) groups is 1. The van der Waals surface area contributed by atoms with Gasteiger partial charge in [-0.2, -0.15) is 0 Å². The van der Waals surface area contributed by atoms with Gasteiger partial charge in [0.05, 0.1) is 11.6 Å². The van der Waals surface area contributed by atoms with Crippen LogP contribution in [0.15, 0.2) is 30.5 Å². The summed E-state index contributed by atoms with van der Waals surface area (Å²) in [7, 11) is 0. The van der Waals surface area contributed by atoms with Crippen molar-refractivity contribution in [3.05, 3.63) is 36.0 Å². The minimum absolute atomic E-state index is 0.177. The molecule has 0 spiro atoms. The Balaban J connectivity index is 2.23. The highest BCUT2D eigenvalue weighted by Crippen LogP contribution is 2.16. The highest BCUT2D eigenvalue weighted by atomic mass is 16.3. The van der Waals surface area contributed by atoms with Crippen molar-refractivity contribution in [3.63, 3.8) is 0 Å². The Morgan fingerprint density at radius 1 is 1.39 bits per heavy atom. The van der Waals surface area contributed by atoms with E-state index in [1.165, 1.54) is 0 Å². The molecule has 1 heterocycles. The molecule has 3 N–H and O–H groups in total. The SMILES string of the molecule is CC(O)C(C)(C)NC(=O)c1ccc2[nH]ccc2c1. The van der Waals surface area contributed by atoms with Gasteiger partial charge in [0.1, 0.15) is 0 Å². The van der Waals surface area contributed by atoms with Crippen LogP contribution in [0.25, 0.3) is 10.9 Å². The van der Waals surface area contributed by atoms with Gasteiger partial charge in [0.15, 0.2) is 0 Å². The maximum atomic E-state index is 12.1. The van der Waals surface area contributed by atoms with Crippen LogP contribution in [-0.2, 0) is 0 Å². The van der Waals surface area contributed by atoms with Crippen molar-refractivity contribution >= 4 is 16.8 Å². The number of amides is 1. The van der Waals surface area contributed by atoms with Crippen LogP contribution in [0.3, 0.4) is 0 Å². The first-order valence-electron chi connectivity index (χ1n) is 5.98. The molecule has 4 nitrogen and oxygen atoms in total. The highest BCUT2D eigenvalue weighted by molar-refractivity contribution is 5.98. The zero-order valence-corrected chi connectivity index (χ0v) is 10.8. The second-order valence-electron chi connectivity index (χ2n) is 5.13. The zero-order valence-electron chi connectivity index (χ0n) is 10.8. The lowest BCUT2D eigenvalue weighted by Gasteiger charge is -2.29. The number of H-pyrrole nitrogens is 1. The Bertz CT molecular complexity index is 570. The van der Waals surface area contributed by atoms with Crippen LogP contribution in [0.1, 0.15) is 31.1 Å². The molecule has 0 aliphatic heterocycles. The van der Waals surface area contributed by atoms with E-state index >= 15 is 0 Å². The van der Waals surface area contributed by atoms with Crippen molar-refractivity contribution < 1.29 is 9.90 Å². The first kappa shape index (κ1) is 12.6. The van der Waals surface area contributed by atoms with Crippen LogP contribution in [0.2, 0.25) is 0 Å². The fourth-order valence-electron chi connectivity index (χ4n) is 1.66. The second kappa shape index (κ2) is 4.46. The summed E-state index contributed by atoms with van der Waals surface area (Å²) in [4.78, 5) is 15.2. The maximum Gasteiger partial charge on any atom is 0.251 e. The number of hydrogen-bond acceptors (Lipinski definition) is 2. The predicted molar refractivity (Wildman–Crippen MR) is 71.5 cm³/mol. The number of carbonyl (C=O) groups excluding carboxylic acids is 1. The van der Waals surface area contributed by atoms with Gasteiger partial charge in [0.25, 0.3) is 5.91 Å². The lowest BCUT2D eigenvalue weighted by atomic mass is 9.98. The van der Waals surface area contributed by atoms with Gasteiger partial charge in [-0.15, -0.1) is 0 Å². The molecule has 2 aromatic rings. The van der Waals surface area contributed by atoms with E-state index in [1.54, 1.807) is 26.8 Å². The largest absolute Gasteiger partial charge is 0.391 e. The van der Waals surface area contributed by atoms with Crippen molar-refractivity contribution in [2.45, 2.75) is 32.4 Å². The number of aliphatic hydroxyl groups is 1. The van der Waals surface area contributed by atoms with Gasteiger partial charge >= 0.3 is 0 Å². The number of aromatic amines is 1. The molecular weight excluding hydrogens is 228 g/mol. The van der Waals surface area contributed by atoms with E-state index in [-0.39, 0.29) is 5.91 Å². The van der Waals surface area contributed by atoms with Gasteiger partial charge in [0.2, 0.25) is 0 Å². The molecule has 0 aliphatic rings. The van der Waals surface area contributed by atoms with Crippen LogP contribution in [0.5, 0.6) is 0 Å². The van der Waals surface area contributed by atoms with E-state index in [0.29, 0.717) is 5.56 Å². The molecule has 4 heteroatoms. The number of benzene rings is 1. The van der Waals surface area contributed by atoms with Gasteiger partial charge < -0.3 is 15.4 Å². The summed E-state index contributed by atoms with van der Waals surface area (Å²) in [6.07, 6.45) is 1.23. The van der Waals surface area contributed by atoms with E-state index < -0.39 is 11.6 Å². The molecule has 96 valence electrons. The third kappa shape index (κ3) is 2.38. The van der Waals surface area contributed by atoms with Gasteiger partial charge in [-0.3, -0.25) is 4.79 Å². The van der Waals surface area contributed by atoms with Gasteiger partial charge in [-0.25, -0.2) is 0 Å². The van der Waals surface area contributed by atoms with E-state index in [4.69, 9.17) is 0 Å². The molecule has 1 aromatic heterocycles. The summed E-state index contributed by atoms with van der Waals surface area (Å²) >= 11 is 0. The molecule has 0 aliphatic carbocycles. The van der Waals surface area contributed by atoms with E-state index in [0.717, 1.165) is 10.9 Å². The lowest BCUT2D eigenvalue weighted by molar-refractivity contribution is 0.0709. The summed E-state index contributed by atoms with van der Waals surface area (Å²) in [6, 6.07) is 7.40. The first-order chi connectivity index (χ1) is 8.40. The molecule has 2 rings (SSSR count). The minimum Gasteiger partial charge on any atom is -0.391 e. The van der Waals surface area contributed by atoms with Crippen LogP contribution in [0, 0.1) is 0 Å². The summed E-state index contributed by atoms with van der Waals surface area (Å²) in [5.41, 5.74) is 0.946. The summed E-state index contributed by atoms with van der Waals surface area (Å²) in [5, 5.41) is 13.4. The normalized spacial score (nSPS) is 13.6. The van der Waals surface area contributed by atoms with Crippen LogP contribution < -0.4 is 5.32 Å². The molecule has 1 unspecified atom stereocenters. The van der Waals surface area contributed by atoms with Crippen molar-refractivity contribution in [1.82, 2.24) is 10.3 Å². The Kier molecular flexibility index (Phi) is 3.13. The molecule has 0 saturated heterocycles. The quantitative estimate of drug-likeness (QED) is 0.776. The fourth-order valence-corrected chi connectivity index (χ4v) is 1.66. The van der Waals surface area contributed by atoms with Crippen LogP contribution in [-0.4, -0.2) is 27.6 Å². The van der Waals surface area contributed by atoms with Gasteiger partial charge in [0, 0.05) is 22.7 Å². The number of fused-ring (bicyclic) bond motifs is 1. The molecule has 1 atom stereocenters. The van der Waals surface area contributed by atoms with Gasteiger partial charge in [-0.05, 0) is 45.0 Å². The standard InChI is InChI=1S/C14H18N2O2/c1-9(17)14(2,3)16-13(18)11-4-5-12-10(8-11)6-7-15-12/h4-9,15,17H,1-3H3,(H,16,18). The predicted octanol–water partition coefficient (Wildman–Crippen LogP) is 2.06. The van der Waals surface area contributed by atoms with E-state index in [2.05, 4.69) is 10.3 Å². The van der Waals surface area contributed by atoms with Crippen molar-refractivity contribution in [1.29, 1.82) is 0 Å². The number of hydrogen-bond donors (Lipinski definition) is 3. The first-order valence-corrected chi connectivity index (χ1v) is 5.98. The molecule has 0 radical (unpaired) electrons. The average molecular weight is 246 g/mol. The topological polar surface area (TPSA) is 65.1 Å². The molecule has 18 heavy (non-hydrogen) atoms. The third-order valence-corrected chi connectivity index (χ3v) is 3.30. The maximum absolute atomic E-state index is 12.1. The Labute approximate surface area is 106 Å². The number of aliphatic hydroxyl groups excluding tert-OH is 1. The average Bonchev–Trinajstić information content (AvgIpc) is 2.74. The summed E-state index contributed by atoms with van der Waals surface area (Å²) < 4.78 is 0. The number of nitrogens with one attached hydrogen (secondary N) is 2. The van der Waals surface area contributed by atoms with Crippen molar-refractivity contribution in [3.8, 4) is 0 Å². The molecule has 0 saturated carbocycles. The monoisotopic (exact) mass is 246 g/mol. The zero-order chi connectivity index (χ0) is 13.3. The Morgan fingerprint density at radius 3 is 2.78 bits per heavy atom. The number of aromatic nitrogens is 1. The number of rotatable bonds is 3. The molecule has 1 amide bonds. The molecule has 0 bridgehead atoms. The third-order valence-electron chi connectivity index (χ3n) is 3.30. The Hall–Kier alpha value is -1.81. The second-order valence-corrected chi connectivity index (χ2v) is 5.13. The molecule has 1 aromatic carbocycles. The van der Waals surface area contributed by atoms with Crippen molar-refractivity contribution in [2.24, 2.45) is 0 Å². The van der Waals surface area contributed by atoms with Crippen molar-refractivity contribution in [2.75, 3.05) is 0 Å². The van der Waals surface area contributed by atoms with E-state index in [1.807, 2.05) is 24.4 Å². The minimum atomic E-state index is -0.649.